The van der Waals surface area contributed by atoms with Crippen LogP contribution in [0.25, 0.3) is 0 Å². The molecule has 0 heterocycles. The Hall–Kier alpha value is -2.09. The third-order valence-electron chi connectivity index (χ3n) is 3.01. The van der Waals surface area contributed by atoms with Crippen molar-refractivity contribution in [2.24, 2.45) is 0 Å². The topological polar surface area (TPSA) is 26.3 Å². The van der Waals surface area contributed by atoms with Crippen molar-refractivity contribution in [2.75, 3.05) is 0 Å². The smallest absolute Gasteiger partial charge is 0.311 e. The lowest BCUT2D eigenvalue weighted by Gasteiger charge is -2.08. The van der Waals surface area contributed by atoms with Crippen molar-refractivity contribution in [3.8, 4) is 5.75 Å². The Balaban J connectivity index is 1.91. The number of hydrogen-bond donors (Lipinski definition) is 0. The van der Waals surface area contributed by atoms with E-state index in [1.54, 1.807) is 0 Å². The van der Waals surface area contributed by atoms with Crippen molar-refractivity contribution in [1.82, 2.24) is 0 Å². The van der Waals surface area contributed by atoms with E-state index >= 15 is 0 Å². The maximum Gasteiger partial charge on any atom is 0.311 e. The first-order valence-corrected chi connectivity index (χ1v) is 6.47. The molecule has 0 aliphatic carbocycles. The third-order valence-corrected chi connectivity index (χ3v) is 3.01. The summed E-state index contributed by atoms with van der Waals surface area (Å²) in [5.74, 6) is 0.472. The van der Waals surface area contributed by atoms with Gasteiger partial charge in [-0.25, -0.2) is 0 Å². The number of aryl methyl sites for hydroxylation is 3. The number of carbonyl (C=O) groups excluding carboxylic acids is 1. The van der Waals surface area contributed by atoms with Crippen molar-refractivity contribution < 1.29 is 9.53 Å². The molecule has 0 atom stereocenters. The van der Waals surface area contributed by atoms with Gasteiger partial charge in [0.15, 0.2) is 0 Å². The monoisotopic (exact) mass is 254 g/mol. The minimum atomic E-state index is -0.184. The predicted molar refractivity (Wildman–Crippen MR) is 76.3 cm³/mol. The average molecular weight is 254 g/mol. The van der Waals surface area contributed by atoms with Crippen LogP contribution in [-0.2, 0) is 11.2 Å². The maximum atomic E-state index is 11.8. The van der Waals surface area contributed by atoms with Gasteiger partial charge in [0.2, 0.25) is 0 Å². The number of rotatable bonds is 4. The second kappa shape index (κ2) is 6.19. The molecule has 0 aromatic heterocycles. The third kappa shape index (κ3) is 3.95. The summed E-state index contributed by atoms with van der Waals surface area (Å²) in [5, 5.41) is 0. The molecule has 0 aliphatic heterocycles. The molecule has 0 radical (unpaired) electrons. The summed E-state index contributed by atoms with van der Waals surface area (Å²) in [6, 6.07) is 15.8. The van der Waals surface area contributed by atoms with Gasteiger partial charge in [-0.05, 0) is 37.5 Å². The van der Waals surface area contributed by atoms with E-state index in [-0.39, 0.29) is 5.97 Å². The van der Waals surface area contributed by atoms with E-state index in [0.29, 0.717) is 18.6 Å². The zero-order chi connectivity index (χ0) is 13.7. The van der Waals surface area contributed by atoms with E-state index in [0.717, 1.165) is 11.1 Å². The van der Waals surface area contributed by atoms with Crippen LogP contribution in [0.15, 0.2) is 48.5 Å². The highest BCUT2D eigenvalue weighted by molar-refractivity contribution is 5.73. The molecule has 0 unspecified atom stereocenters. The Kier molecular flexibility index (Phi) is 4.35. The first-order chi connectivity index (χ1) is 9.15. The Morgan fingerprint density at radius 1 is 1.05 bits per heavy atom. The molecule has 98 valence electrons. The quantitative estimate of drug-likeness (QED) is 0.612. The average Bonchev–Trinajstić information content (AvgIpc) is 2.41. The van der Waals surface area contributed by atoms with Crippen molar-refractivity contribution in [3.05, 3.63) is 65.2 Å². The van der Waals surface area contributed by atoms with E-state index in [9.17, 15) is 4.79 Å². The summed E-state index contributed by atoms with van der Waals surface area (Å²) in [5.41, 5.74) is 3.31. The molecule has 19 heavy (non-hydrogen) atoms. The largest absolute Gasteiger partial charge is 0.426 e. The first-order valence-electron chi connectivity index (χ1n) is 6.47. The van der Waals surface area contributed by atoms with Crippen LogP contribution in [0.5, 0.6) is 5.75 Å². The highest BCUT2D eigenvalue weighted by Crippen LogP contribution is 2.19. The molecule has 2 aromatic carbocycles. The molecule has 2 heteroatoms. The first kappa shape index (κ1) is 13.3. The summed E-state index contributed by atoms with van der Waals surface area (Å²) in [7, 11) is 0. The summed E-state index contributed by atoms with van der Waals surface area (Å²) >= 11 is 0. The molecule has 0 saturated carbocycles. The number of hydrogen-bond acceptors (Lipinski definition) is 2. The van der Waals surface area contributed by atoms with Crippen LogP contribution < -0.4 is 4.74 Å². The van der Waals surface area contributed by atoms with Gasteiger partial charge in [0, 0.05) is 6.42 Å². The van der Waals surface area contributed by atoms with Gasteiger partial charge in [0.25, 0.3) is 0 Å². The normalized spacial score (nSPS) is 10.2. The lowest BCUT2D eigenvalue weighted by atomic mass is 10.1. The SMILES string of the molecule is Cc1ccc(OC(=O)CCc2ccccc2)c(C)c1. The molecule has 0 saturated heterocycles. The molecule has 0 aliphatic rings. The number of carbonyl (C=O) groups is 1. The summed E-state index contributed by atoms with van der Waals surface area (Å²) in [6.07, 6.45) is 1.11. The van der Waals surface area contributed by atoms with Gasteiger partial charge in [0.1, 0.15) is 5.75 Å². The van der Waals surface area contributed by atoms with Crippen LogP contribution in [0.2, 0.25) is 0 Å². The standard InChI is InChI=1S/C17H18O2/c1-13-8-10-16(14(2)12-13)19-17(18)11-9-15-6-4-3-5-7-15/h3-8,10,12H,9,11H2,1-2H3. The van der Waals surface area contributed by atoms with Crippen molar-refractivity contribution >= 4 is 5.97 Å². The van der Waals surface area contributed by atoms with E-state index in [2.05, 4.69) is 0 Å². The van der Waals surface area contributed by atoms with Gasteiger partial charge in [-0.3, -0.25) is 4.79 Å². The van der Waals surface area contributed by atoms with Crippen LogP contribution in [0.4, 0.5) is 0 Å². The van der Waals surface area contributed by atoms with Crippen molar-refractivity contribution in [1.29, 1.82) is 0 Å². The maximum absolute atomic E-state index is 11.8. The van der Waals surface area contributed by atoms with Gasteiger partial charge in [-0.15, -0.1) is 0 Å². The lowest BCUT2D eigenvalue weighted by molar-refractivity contribution is -0.134. The lowest BCUT2D eigenvalue weighted by Crippen LogP contribution is -2.09. The molecule has 2 aromatic rings. The molecule has 0 N–H and O–H groups in total. The molecule has 0 amide bonds. The Morgan fingerprint density at radius 2 is 1.79 bits per heavy atom. The second-order valence-electron chi connectivity index (χ2n) is 4.73. The van der Waals surface area contributed by atoms with E-state index < -0.39 is 0 Å². The summed E-state index contributed by atoms with van der Waals surface area (Å²) < 4.78 is 5.38. The van der Waals surface area contributed by atoms with Crippen molar-refractivity contribution in [2.45, 2.75) is 26.7 Å². The Bertz CT molecular complexity index is 559. The van der Waals surface area contributed by atoms with E-state index in [1.807, 2.05) is 62.4 Å². The molecule has 0 spiro atoms. The predicted octanol–water partition coefficient (Wildman–Crippen LogP) is 3.84. The molecular formula is C17H18O2. The fourth-order valence-corrected chi connectivity index (χ4v) is 1.98. The molecule has 0 fully saturated rings. The minimum absolute atomic E-state index is 0.184. The highest BCUT2D eigenvalue weighted by atomic mass is 16.5. The van der Waals surface area contributed by atoms with Gasteiger partial charge >= 0.3 is 5.97 Å². The fraction of sp³-hybridized carbons (Fsp3) is 0.235. The zero-order valence-corrected chi connectivity index (χ0v) is 11.3. The van der Waals surface area contributed by atoms with E-state index in [4.69, 9.17) is 4.74 Å². The van der Waals surface area contributed by atoms with Crippen LogP contribution in [0.3, 0.4) is 0 Å². The van der Waals surface area contributed by atoms with Crippen LogP contribution >= 0.6 is 0 Å². The molecule has 2 rings (SSSR count). The zero-order valence-electron chi connectivity index (χ0n) is 11.3. The Labute approximate surface area is 114 Å². The van der Waals surface area contributed by atoms with Crippen molar-refractivity contribution in [3.63, 3.8) is 0 Å². The fourth-order valence-electron chi connectivity index (χ4n) is 1.98. The van der Waals surface area contributed by atoms with Gasteiger partial charge in [-0.2, -0.15) is 0 Å². The highest BCUT2D eigenvalue weighted by Gasteiger charge is 2.07. The van der Waals surface area contributed by atoms with Gasteiger partial charge in [0.05, 0.1) is 0 Å². The molecular weight excluding hydrogens is 236 g/mol. The molecule has 0 bridgehead atoms. The summed E-state index contributed by atoms with van der Waals surface area (Å²) in [4.78, 5) is 11.8. The minimum Gasteiger partial charge on any atom is -0.426 e. The number of benzene rings is 2. The summed E-state index contributed by atoms with van der Waals surface area (Å²) in [6.45, 7) is 3.97. The van der Waals surface area contributed by atoms with E-state index in [1.165, 1.54) is 5.56 Å². The van der Waals surface area contributed by atoms with Gasteiger partial charge in [-0.1, -0.05) is 48.0 Å². The molecule has 2 nitrogen and oxygen atoms in total. The van der Waals surface area contributed by atoms with Crippen LogP contribution in [0, 0.1) is 13.8 Å². The number of esters is 1. The van der Waals surface area contributed by atoms with Gasteiger partial charge < -0.3 is 4.74 Å². The Morgan fingerprint density at radius 3 is 2.47 bits per heavy atom. The number of ether oxygens (including phenoxy) is 1. The van der Waals surface area contributed by atoms with Crippen LogP contribution in [-0.4, -0.2) is 5.97 Å². The van der Waals surface area contributed by atoms with Crippen LogP contribution in [0.1, 0.15) is 23.1 Å². The second-order valence-corrected chi connectivity index (χ2v) is 4.73.